The second-order valence-corrected chi connectivity index (χ2v) is 5.65. The van der Waals surface area contributed by atoms with Gasteiger partial charge in [-0.25, -0.2) is 0 Å². The number of hydrogen-bond donors (Lipinski definition) is 1. The predicted molar refractivity (Wildman–Crippen MR) is 100.0 cm³/mol. The number of methoxy groups -OCH3 is 3. The van der Waals surface area contributed by atoms with E-state index in [9.17, 15) is 4.79 Å². The smallest absolute Gasteiger partial charge is 0.248 e. The van der Waals surface area contributed by atoms with E-state index < -0.39 is 0 Å². The van der Waals surface area contributed by atoms with Gasteiger partial charge in [-0.05, 0) is 48.4 Å². The summed E-state index contributed by atoms with van der Waals surface area (Å²) in [4.78, 5) is 12.1. The highest BCUT2D eigenvalue weighted by molar-refractivity contribution is 6.31. The van der Waals surface area contributed by atoms with Crippen LogP contribution in [0.2, 0.25) is 5.02 Å². The maximum atomic E-state index is 12.1. The minimum Gasteiger partial charge on any atom is -0.493 e. The van der Waals surface area contributed by atoms with Crippen LogP contribution in [0.1, 0.15) is 11.1 Å². The van der Waals surface area contributed by atoms with Crippen molar-refractivity contribution in [1.82, 2.24) is 0 Å². The number of halogens is 1. The molecule has 132 valence electrons. The molecule has 0 saturated heterocycles. The monoisotopic (exact) mass is 361 g/mol. The Morgan fingerprint density at radius 3 is 2.20 bits per heavy atom. The molecule has 0 aliphatic heterocycles. The molecular formula is C19H20ClNO4. The van der Waals surface area contributed by atoms with E-state index in [1.807, 2.05) is 13.0 Å². The summed E-state index contributed by atoms with van der Waals surface area (Å²) in [6.45, 7) is 1.90. The van der Waals surface area contributed by atoms with Gasteiger partial charge in [0.25, 0.3) is 0 Å². The van der Waals surface area contributed by atoms with Crippen LogP contribution in [0.15, 0.2) is 36.4 Å². The highest BCUT2D eigenvalue weighted by atomic mass is 35.5. The molecule has 0 atom stereocenters. The maximum Gasteiger partial charge on any atom is 0.248 e. The Morgan fingerprint density at radius 1 is 1.04 bits per heavy atom. The molecule has 1 N–H and O–H groups in total. The highest BCUT2D eigenvalue weighted by Crippen LogP contribution is 2.38. The number of nitrogens with one attached hydrogen (secondary N) is 1. The number of hydrogen-bond acceptors (Lipinski definition) is 4. The van der Waals surface area contributed by atoms with Crippen LogP contribution in [-0.4, -0.2) is 27.2 Å². The third kappa shape index (κ3) is 4.67. The minimum absolute atomic E-state index is 0.270. The van der Waals surface area contributed by atoms with E-state index in [0.29, 0.717) is 28.0 Å². The second kappa shape index (κ2) is 8.44. The van der Waals surface area contributed by atoms with Gasteiger partial charge < -0.3 is 19.5 Å². The lowest BCUT2D eigenvalue weighted by molar-refractivity contribution is -0.111. The van der Waals surface area contributed by atoms with Gasteiger partial charge in [-0.3, -0.25) is 4.79 Å². The van der Waals surface area contributed by atoms with Crippen molar-refractivity contribution in [3.63, 3.8) is 0 Å². The van der Waals surface area contributed by atoms with E-state index in [4.69, 9.17) is 25.8 Å². The average Bonchev–Trinajstić information content (AvgIpc) is 2.62. The number of carbonyl (C=O) groups is 1. The van der Waals surface area contributed by atoms with Gasteiger partial charge in [-0.1, -0.05) is 17.7 Å². The lowest BCUT2D eigenvalue weighted by Crippen LogP contribution is -2.07. The minimum atomic E-state index is -0.270. The van der Waals surface area contributed by atoms with Gasteiger partial charge in [0.1, 0.15) is 0 Å². The summed E-state index contributed by atoms with van der Waals surface area (Å²) in [5.74, 6) is 1.27. The van der Waals surface area contributed by atoms with Crippen molar-refractivity contribution in [3.05, 3.63) is 52.6 Å². The quantitative estimate of drug-likeness (QED) is 0.778. The zero-order chi connectivity index (χ0) is 18.4. The van der Waals surface area contributed by atoms with Crippen LogP contribution in [0.5, 0.6) is 17.2 Å². The molecule has 2 aromatic carbocycles. The van der Waals surface area contributed by atoms with E-state index in [1.54, 1.807) is 44.6 Å². The molecular weight excluding hydrogens is 342 g/mol. The Morgan fingerprint density at radius 2 is 1.68 bits per heavy atom. The SMILES string of the molecule is COc1cc(/C=C/C(=O)Nc2ccc(C)c(Cl)c2)cc(OC)c1OC. The molecule has 0 bridgehead atoms. The molecule has 0 unspecified atom stereocenters. The average molecular weight is 362 g/mol. The van der Waals surface area contributed by atoms with Crippen molar-refractivity contribution >= 4 is 29.3 Å². The van der Waals surface area contributed by atoms with Gasteiger partial charge in [0.05, 0.1) is 21.3 Å². The van der Waals surface area contributed by atoms with Crippen LogP contribution in [-0.2, 0) is 4.79 Å². The molecule has 0 heterocycles. The Hall–Kier alpha value is -2.66. The van der Waals surface area contributed by atoms with E-state index in [2.05, 4.69) is 5.32 Å². The Kier molecular flexibility index (Phi) is 6.31. The molecule has 0 saturated carbocycles. The first kappa shape index (κ1) is 18.7. The first-order chi connectivity index (χ1) is 12.0. The first-order valence-electron chi connectivity index (χ1n) is 7.53. The molecule has 6 heteroatoms. The molecule has 2 aromatic rings. The zero-order valence-corrected chi connectivity index (χ0v) is 15.3. The Balaban J connectivity index is 2.17. The number of aryl methyl sites for hydroxylation is 1. The van der Waals surface area contributed by atoms with Gasteiger partial charge in [-0.2, -0.15) is 0 Å². The predicted octanol–water partition coefficient (Wildman–Crippen LogP) is 4.33. The number of anilines is 1. The van der Waals surface area contributed by atoms with E-state index in [-0.39, 0.29) is 5.91 Å². The van der Waals surface area contributed by atoms with Crippen molar-refractivity contribution in [2.75, 3.05) is 26.6 Å². The molecule has 0 fully saturated rings. The summed E-state index contributed by atoms with van der Waals surface area (Å²) >= 11 is 6.06. The third-order valence-electron chi connectivity index (χ3n) is 3.55. The summed E-state index contributed by atoms with van der Waals surface area (Å²) in [6.07, 6.45) is 3.09. The fourth-order valence-corrected chi connectivity index (χ4v) is 2.40. The number of amides is 1. The van der Waals surface area contributed by atoms with Crippen molar-refractivity contribution in [3.8, 4) is 17.2 Å². The molecule has 5 nitrogen and oxygen atoms in total. The summed E-state index contributed by atoms with van der Waals surface area (Å²) in [5, 5.41) is 3.37. The van der Waals surface area contributed by atoms with Crippen molar-refractivity contribution in [1.29, 1.82) is 0 Å². The van der Waals surface area contributed by atoms with Crippen LogP contribution in [0.25, 0.3) is 6.08 Å². The van der Waals surface area contributed by atoms with E-state index in [1.165, 1.54) is 13.2 Å². The molecule has 0 spiro atoms. The third-order valence-corrected chi connectivity index (χ3v) is 3.96. The van der Waals surface area contributed by atoms with Crippen LogP contribution in [0, 0.1) is 6.92 Å². The molecule has 0 aliphatic carbocycles. The van der Waals surface area contributed by atoms with Gasteiger partial charge in [0, 0.05) is 16.8 Å². The van der Waals surface area contributed by atoms with Gasteiger partial charge in [0.2, 0.25) is 11.7 Å². The first-order valence-corrected chi connectivity index (χ1v) is 7.91. The molecule has 0 aromatic heterocycles. The number of rotatable bonds is 6. The molecule has 2 rings (SSSR count). The second-order valence-electron chi connectivity index (χ2n) is 5.25. The molecule has 1 amide bonds. The van der Waals surface area contributed by atoms with Crippen LogP contribution >= 0.6 is 11.6 Å². The lowest BCUT2D eigenvalue weighted by Gasteiger charge is -2.12. The van der Waals surface area contributed by atoms with Gasteiger partial charge in [-0.15, -0.1) is 0 Å². The number of ether oxygens (including phenoxy) is 3. The van der Waals surface area contributed by atoms with Crippen molar-refractivity contribution in [2.45, 2.75) is 6.92 Å². The van der Waals surface area contributed by atoms with Crippen molar-refractivity contribution < 1.29 is 19.0 Å². The maximum absolute atomic E-state index is 12.1. The molecule has 25 heavy (non-hydrogen) atoms. The van der Waals surface area contributed by atoms with Crippen LogP contribution in [0.3, 0.4) is 0 Å². The molecule has 0 radical (unpaired) electrons. The highest BCUT2D eigenvalue weighted by Gasteiger charge is 2.12. The largest absolute Gasteiger partial charge is 0.493 e. The zero-order valence-electron chi connectivity index (χ0n) is 14.6. The van der Waals surface area contributed by atoms with E-state index in [0.717, 1.165) is 11.1 Å². The van der Waals surface area contributed by atoms with Gasteiger partial charge in [0.15, 0.2) is 11.5 Å². The standard InChI is InChI=1S/C19H20ClNO4/c1-12-5-7-14(11-15(12)20)21-18(22)8-6-13-9-16(23-2)19(25-4)17(10-13)24-3/h5-11H,1-4H3,(H,21,22)/b8-6+. The summed E-state index contributed by atoms with van der Waals surface area (Å²) in [7, 11) is 4.62. The van der Waals surface area contributed by atoms with Crippen molar-refractivity contribution in [2.24, 2.45) is 0 Å². The number of carbonyl (C=O) groups excluding carboxylic acids is 1. The van der Waals surface area contributed by atoms with Crippen LogP contribution < -0.4 is 19.5 Å². The normalized spacial score (nSPS) is 10.6. The lowest BCUT2D eigenvalue weighted by atomic mass is 10.1. The topological polar surface area (TPSA) is 56.8 Å². The molecule has 0 aliphatic rings. The van der Waals surface area contributed by atoms with Crippen LogP contribution in [0.4, 0.5) is 5.69 Å². The van der Waals surface area contributed by atoms with E-state index >= 15 is 0 Å². The summed E-state index contributed by atoms with van der Waals surface area (Å²) in [5.41, 5.74) is 2.33. The Labute approximate surface area is 152 Å². The summed E-state index contributed by atoms with van der Waals surface area (Å²) < 4.78 is 15.9. The Bertz CT molecular complexity index is 777. The number of benzene rings is 2. The summed E-state index contributed by atoms with van der Waals surface area (Å²) in [6, 6.07) is 8.87. The fourth-order valence-electron chi connectivity index (χ4n) is 2.22. The fraction of sp³-hybridized carbons (Fsp3) is 0.211. The van der Waals surface area contributed by atoms with Gasteiger partial charge >= 0.3 is 0 Å².